The van der Waals surface area contributed by atoms with Gasteiger partial charge in [0.25, 0.3) is 0 Å². The van der Waals surface area contributed by atoms with Crippen molar-refractivity contribution in [1.82, 2.24) is 0 Å². The molecule has 68 heavy (non-hydrogen) atoms. The molecule has 0 saturated carbocycles. The monoisotopic (exact) mass is 989 g/mol. The Bertz CT molecular complexity index is 1150. The maximum atomic E-state index is 12.9. The van der Waals surface area contributed by atoms with E-state index in [4.69, 9.17) is 23.3 Å². The molecular formula is C56H109O11P. The molecular weight excluding hydrogens is 880 g/mol. The molecule has 0 spiro atoms. The largest absolute Gasteiger partial charge is 0.472 e. The van der Waals surface area contributed by atoms with Crippen LogP contribution in [0.1, 0.15) is 303 Å². The highest BCUT2D eigenvalue weighted by Gasteiger charge is 2.28. The van der Waals surface area contributed by atoms with Crippen LogP contribution in [0.4, 0.5) is 0 Å². The summed E-state index contributed by atoms with van der Waals surface area (Å²) in [6.07, 6.45) is 47.8. The number of hydrogen-bond acceptors (Lipinski definition) is 10. The van der Waals surface area contributed by atoms with Crippen LogP contribution in [0.2, 0.25) is 0 Å². The molecule has 0 saturated heterocycles. The van der Waals surface area contributed by atoms with Gasteiger partial charge in [-0.1, -0.05) is 265 Å². The number of phosphoric acid groups is 1. The fraction of sp³-hybridized carbons (Fsp3) is 0.946. The SMILES string of the molecule is CCCCCCCCCCCCCCCCCCCC(=O)OCC(COP(=O)(O)OCC(CO)OC(=O)CCCCCCCCCCC)OC(=O)CCCCCCCCCCCCCCCCC. The number of aliphatic hydroxyl groups excluding tert-OH is 1. The topological polar surface area (TPSA) is 155 Å². The lowest BCUT2D eigenvalue weighted by atomic mass is 10.0. The van der Waals surface area contributed by atoms with E-state index in [-0.39, 0.29) is 25.9 Å². The Balaban J connectivity index is 4.64. The lowest BCUT2D eigenvalue weighted by Crippen LogP contribution is -2.30. The van der Waals surface area contributed by atoms with Gasteiger partial charge in [-0.3, -0.25) is 23.4 Å². The van der Waals surface area contributed by atoms with E-state index in [0.29, 0.717) is 19.3 Å². The smallest absolute Gasteiger partial charge is 0.462 e. The summed E-state index contributed by atoms with van der Waals surface area (Å²) in [5.41, 5.74) is 0. The van der Waals surface area contributed by atoms with E-state index >= 15 is 0 Å². The predicted molar refractivity (Wildman–Crippen MR) is 280 cm³/mol. The summed E-state index contributed by atoms with van der Waals surface area (Å²) >= 11 is 0. The fourth-order valence-electron chi connectivity index (χ4n) is 8.59. The van der Waals surface area contributed by atoms with Gasteiger partial charge in [-0.25, -0.2) is 4.57 Å². The van der Waals surface area contributed by atoms with Crippen molar-refractivity contribution >= 4 is 25.7 Å². The number of ether oxygens (including phenoxy) is 3. The predicted octanol–water partition coefficient (Wildman–Crippen LogP) is 16.7. The molecule has 0 aromatic carbocycles. The second-order valence-corrected chi connectivity index (χ2v) is 21.3. The highest BCUT2D eigenvalue weighted by Crippen LogP contribution is 2.43. The maximum absolute atomic E-state index is 12.9. The minimum Gasteiger partial charge on any atom is -0.462 e. The highest BCUT2D eigenvalue weighted by atomic mass is 31.2. The van der Waals surface area contributed by atoms with Crippen LogP contribution in [0.3, 0.4) is 0 Å². The number of phosphoric ester groups is 1. The third-order valence-corrected chi connectivity index (χ3v) is 14.0. The van der Waals surface area contributed by atoms with Crippen molar-refractivity contribution in [2.75, 3.05) is 26.4 Å². The van der Waals surface area contributed by atoms with E-state index < -0.39 is 57.8 Å². The van der Waals surface area contributed by atoms with Crippen molar-refractivity contribution < 1.29 is 52.2 Å². The van der Waals surface area contributed by atoms with E-state index in [9.17, 15) is 28.9 Å². The summed E-state index contributed by atoms with van der Waals surface area (Å²) in [6.45, 7) is 4.69. The van der Waals surface area contributed by atoms with Crippen LogP contribution in [0.5, 0.6) is 0 Å². The molecule has 0 aromatic heterocycles. The van der Waals surface area contributed by atoms with Crippen LogP contribution in [0.25, 0.3) is 0 Å². The van der Waals surface area contributed by atoms with Crippen LogP contribution in [-0.4, -0.2) is 66.5 Å². The Labute approximate surface area is 418 Å². The molecule has 2 N–H and O–H groups in total. The second kappa shape index (κ2) is 51.8. The van der Waals surface area contributed by atoms with Gasteiger partial charge >= 0.3 is 25.7 Å². The maximum Gasteiger partial charge on any atom is 0.472 e. The third-order valence-electron chi connectivity index (χ3n) is 13.0. The summed E-state index contributed by atoms with van der Waals surface area (Å²) in [7, 11) is -4.73. The van der Waals surface area contributed by atoms with Crippen molar-refractivity contribution in [2.24, 2.45) is 0 Å². The number of carbonyl (C=O) groups excluding carboxylic acids is 3. The normalized spacial score (nSPS) is 13.3. The van der Waals surface area contributed by atoms with Gasteiger partial charge in [-0.2, -0.15) is 0 Å². The van der Waals surface area contributed by atoms with Gasteiger partial charge in [0.2, 0.25) is 0 Å². The summed E-state index contributed by atoms with van der Waals surface area (Å²) < 4.78 is 39.5. The minimum absolute atomic E-state index is 0.178. The quantitative estimate of drug-likeness (QED) is 0.0259. The summed E-state index contributed by atoms with van der Waals surface area (Å²) in [5.74, 6) is -1.43. The third kappa shape index (κ3) is 49.5. The number of hydrogen-bond donors (Lipinski definition) is 2. The number of esters is 3. The van der Waals surface area contributed by atoms with Crippen molar-refractivity contribution in [3.8, 4) is 0 Å². The van der Waals surface area contributed by atoms with Crippen molar-refractivity contribution in [1.29, 1.82) is 0 Å². The van der Waals surface area contributed by atoms with E-state index in [1.807, 2.05) is 0 Å². The Morgan fingerprint density at radius 3 is 0.868 bits per heavy atom. The second-order valence-electron chi connectivity index (χ2n) is 19.8. The van der Waals surface area contributed by atoms with Gasteiger partial charge in [-0.05, 0) is 19.3 Å². The van der Waals surface area contributed by atoms with Gasteiger partial charge in [0.05, 0.1) is 19.8 Å². The molecule has 0 aliphatic heterocycles. The zero-order chi connectivity index (χ0) is 49.9. The highest BCUT2D eigenvalue weighted by molar-refractivity contribution is 7.47. The van der Waals surface area contributed by atoms with Crippen LogP contribution in [0.15, 0.2) is 0 Å². The average Bonchev–Trinajstić information content (AvgIpc) is 3.32. The molecule has 0 amide bonds. The summed E-state index contributed by atoms with van der Waals surface area (Å²) in [5, 5.41) is 9.76. The van der Waals surface area contributed by atoms with Gasteiger partial charge in [0, 0.05) is 19.3 Å². The Morgan fingerprint density at radius 1 is 0.353 bits per heavy atom. The van der Waals surface area contributed by atoms with Gasteiger partial charge in [-0.15, -0.1) is 0 Å². The van der Waals surface area contributed by atoms with E-state index in [2.05, 4.69) is 20.8 Å². The van der Waals surface area contributed by atoms with Crippen molar-refractivity contribution in [3.05, 3.63) is 0 Å². The fourth-order valence-corrected chi connectivity index (χ4v) is 9.38. The first-order chi connectivity index (χ1) is 33.2. The number of aliphatic hydroxyl groups is 1. The van der Waals surface area contributed by atoms with Crippen molar-refractivity contribution in [3.63, 3.8) is 0 Å². The molecule has 11 nitrogen and oxygen atoms in total. The molecule has 0 aliphatic rings. The molecule has 404 valence electrons. The van der Waals surface area contributed by atoms with Crippen LogP contribution in [-0.2, 0) is 42.2 Å². The molecule has 0 aliphatic carbocycles. The molecule has 0 heterocycles. The molecule has 0 radical (unpaired) electrons. The number of carbonyl (C=O) groups is 3. The Hall–Kier alpha value is -1.52. The molecule has 3 atom stereocenters. The van der Waals surface area contributed by atoms with Gasteiger partial charge in [0.1, 0.15) is 12.7 Å². The first kappa shape index (κ1) is 66.5. The Kier molecular flexibility index (Phi) is 50.7. The standard InChI is InChI=1S/C56H109O11P/c1-4-7-10-13-16-19-21-23-25-26-28-29-31-34-36-39-42-45-54(58)63-49-53(67-56(60)47-44-41-38-35-32-30-27-24-22-20-17-14-11-8-5-2)51-65-68(61,62)64-50-52(48-57)66-55(59)46-43-40-37-33-18-15-12-9-6-3/h52-53,57H,4-51H2,1-3H3,(H,61,62). The first-order valence-electron chi connectivity index (χ1n) is 28.9. The Morgan fingerprint density at radius 2 is 0.588 bits per heavy atom. The van der Waals surface area contributed by atoms with E-state index in [0.717, 1.165) is 57.8 Å². The number of rotatable bonds is 55. The average molecular weight is 989 g/mol. The lowest BCUT2D eigenvalue weighted by Gasteiger charge is -2.21. The van der Waals surface area contributed by atoms with Crippen LogP contribution in [0, 0.1) is 0 Å². The van der Waals surface area contributed by atoms with Crippen LogP contribution >= 0.6 is 7.82 Å². The number of unbranched alkanes of at least 4 members (excludes halogenated alkanes) is 38. The van der Waals surface area contributed by atoms with E-state index in [1.165, 1.54) is 186 Å². The van der Waals surface area contributed by atoms with Gasteiger partial charge < -0.3 is 24.2 Å². The molecule has 12 heteroatoms. The molecule has 0 rings (SSSR count). The van der Waals surface area contributed by atoms with E-state index in [1.54, 1.807) is 0 Å². The molecule has 0 fully saturated rings. The first-order valence-corrected chi connectivity index (χ1v) is 30.4. The van der Waals surface area contributed by atoms with Gasteiger partial charge in [0.15, 0.2) is 6.10 Å². The summed E-state index contributed by atoms with van der Waals surface area (Å²) in [4.78, 5) is 48.4. The zero-order valence-corrected chi connectivity index (χ0v) is 45.5. The molecule has 0 aromatic rings. The summed E-state index contributed by atoms with van der Waals surface area (Å²) in [6, 6.07) is 0. The minimum atomic E-state index is -4.73. The zero-order valence-electron chi connectivity index (χ0n) is 44.6. The molecule has 0 bridgehead atoms. The molecule has 3 unspecified atom stereocenters. The van der Waals surface area contributed by atoms with Crippen molar-refractivity contribution in [2.45, 2.75) is 315 Å². The lowest BCUT2D eigenvalue weighted by molar-refractivity contribution is -0.161. The van der Waals surface area contributed by atoms with Crippen LogP contribution < -0.4 is 0 Å².